The summed E-state index contributed by atoms with van der Waals surface area (Å²) >= 11 is 0. The number of benzene rings is 1. The lowest BCUT2D eigenvalue weighted by Crippen LogP contribution is -2.10. The van der Waals surface area contributed by atoms with Crippen LogP contribution in [0, 0.1) is 5.82 Å². The molecule has 0 bridgehead atoms. The first-order chi connectivity index (χ1) is 7.70. The summed E-state index contributed by atoms with van der Waals surface area (Å²) < 4.78 is 13.0. The molecular formula is C12H8FNO2. The summed E-state index contributed by atoms with van der Waals surface area (Å²) in [5, 5.41) is 0. The van der Waals surface area contributed by atoms with E-state index in [4.69, 9.17) is 0 Å². The molecule has 0 radical (unpaired) electrons. The topological polar surface area (TPSA) is 49.9 Å². The SMILES string of the molecule is O=Cc1ccc(-c2cccc(F)c2)c(=O)[nH]1. The minimum Gasteiger partial charge on any atom is -0.319 e. The summed E-state index contributed by atoms with van der Waals surface area (Å²) in [6, 6.07) is 8.71. The van der Waals surface area contributed by atoms with E-state index in [9.17, 15) is 14.0 Å². The average Bonchev–Trinajstić information content (AvgIpc) is 2.28. The van der Waals surface area contributed by atoms with E-state index in [1.54, 1.807) is 6.07 Å². The van der Waals surface area contributed by atoms with Crippen LogP contribution in [0.3, 0.4) is 0 Å². The quantitative estimate of drug-likeness (QED) is 0.782. The van der Waals surface area contributed by atoms with Crippen molar-refractivity contribution >= 4 is 6.29 Å². The molecule has 0 aliphatic rings. The van der Waals surface area contributed by atoms with Gasteiger partial charge in [-0.05, 0) is 29.8 Å². The number of carbonyl (C=O) groups is 1. The average molecular weight is 217 g/mol. The van der Waals surface area contributed by atoms with Crippen molar-refractivity contribution in [3.05, 3.63) is 58.3 Å². The Balaban J connectivity index is 2.57. The predicted molar refractivity (Wildman–Crippen MR) is 57.8 cm³/mol. The highest BCUT2D eigenvalue weighted by Crippen LogP contribution is 2.15. The summed E-state index contributed by atoms with van der Waals surface area (Å²) in [4.78, 5) is 24.4. The molecule has 0 saturated carbocycles. The number of halogens is 1. The fourth-order valence-electron chi connectivity index (χ4n) is 1.44. The van der Waals surface area contributed by atoms with Crippen molar-refractivity contribution in [2.75, 3.05) is 0 Å². The molecule has 1 N–H and O–H groups in total. The second-order valence-electron chi connectivity index (χ2n) is 3.28. The van der Waals surface area contributed by atoms with Gasteiger partial charge in [-0.1, -0.05) is 12.1 Å². The molecule has 0 saturated heterocycles. The molecule has 1 aromatic heterocycles. The molecule has 0 amide bonds. The number of carbonyl (C=O) groups excluding carboxylic acids is 1. The number of nitrogens with one attached hydrogen (secondary N) is 1. The van der Waals surface area contributed by atoms with Crippen LogP contribution in [0.2, 0.25) is 0 Å². The van der Waals surface area contributed by atoms with E-state index >= 15 is 0 Å². The van der Waals surface area contributed by atoms with Gasteiger partial charge in [0.25, 0.3) is 5.56 Å². The van der Waals surface area contributed by atoms with E-state index < -0.39 is 11.4 Å². The van der Waals surface area contributed by atoms with Crippen LogP contribution in [-0.2, 0) is 0 Å². The second kappa shape index (κ2) is 4.10. The molecule has 2 rings (SSSR count). The zero-order chi connectivity index (χ0) is 11.5. The van der Waals surface area contributed by atoms with Crippen molar-refractivity contribution in [3.63, 3.8) is 0 Å². The molecule has 1 aromatic carbocycles. The zero-order valence-corrected chi connectivity index (χ0v) is 8.24. The predicted octanol–water partition coefficient (Wildman–Crippen LogP) is 1.99. The number of hydrogen-bond donors (Lipinski definition) is 1. The Labute approximate surface area is 90.6 Å². The van der Waals surface area contributed by atoms with Gasteiger partial charge in [0.1, 0.15) is 5.82 Å². The second-order valence-corrected chi connectivity index (χ2v) is 3.28. The van der Waals surface area contributed by atoms with Gasteiger partial charge in [-0.2, -0.15) is 0 Å². The van der Waals surface area contributed by atoms with Crippen molar-refractivity contribution in [3.8, 4) is 11.1 Å². The van der Waals surface area contributed by atoms with Gasteiger partial charge in [-0.3, -0.25) is 9.59 Å². The van der Waals surface area contributed by atoms with Gasteiger partial charge in [-0.15, -0.1) is 0 Å². The van der Waals surface area contributed by atoms with Crippen molar-refractivity contribution < 1.29 is 9.18 Å². The minimum atomic E-state index is -0.407. The number of pyridine rings is 1. The molecule has 0 fully saturated rings. The monoisotopic (exact) mass is 217 g/mol. The molecule has 3 nitrogen and oxygen atoms in total. The van der Waals surface area contributed by atoms with Crippen molar-refractivity contribution in [1.82, 2.24) is 4.98 Å². The number of rotatable bonds is 2. The first-order valence-electron chi connectivity index (χ1n) is 4.65. The molecule has 0 unspecified atom stereocenters. The highest BCUT2D eigenvalue weighted by atomic mass is 19.1. The van der Waals surface area contributed by atoms with Gasteiger partial charge >= 0.3 is 0 Å². The standard InChI is InChI=1S/C12H8FNO2/c13-9-3-1-2-8(6-9)11-5-4-10(7-15)14-12(11)16/h1-7H,(H,14,16). The minimum absolute atomic E-state index is 0.199. The van der Waals surface area contributed by atoms with Crippen LogP contribution in [0.5, 0.6) is 0 Å². The molecule has 4 heteroatoms. The van der Waals surface area contributed by atoms with E-state index in [0.29, 0.717) is 17.4 Å². The van der Waals surface area contributed by atoms with Gasteiger partial charge in [0.2, 0.25) is 0 Å². The molecule has 0 aliphatic heterocycles. The summed E-state index contributed by atoms with van der Waals surface area (Å²) in [5.41, 5.74) is 0.615. The van der Waals surface area contributed by atoms with Crippen LogP contribution in [0.15, 0.2) is 41.2 Å². The first-order valence-corrected chi connectivity index (χ1v) is 4.65. The molecule has 0 spiro atoms. The molecule has 0 atom stereocenters. The van der Waals surface area contributed by atoms with Crippen molar-refractivity contribution in [1.29, 1.82) is 0 Å². The maximum Gasteiger partial charge on any atom is 0.256 e. The van der Waals surface area contributed by atoms with E-state index in [1.165, 1.54) is 30.3 Å². The molecule has 2 aromatic rings. The lowest BCUT2D eigenvalue weighted by atomic mass is 10.1. The smallest absolute Gasteiger partial charge is 0.256 e. The van der Waals surface area contributed by atoms with E-state index in [1.807, 2.05) is 0 Å². The van der Waals surface area contributed by atoms with E-state index in [-0.39, 0.29) is 5.69 Å². The molecule has 0 aliphatic carbocycles. The number of aromatic nitrogens is 1. The van der Waals surface area contributed by atoms with Crippen LogP contribution in [0.1, 0.15) is 10.5 Å². The Morgan fingerprint density at radius 1 is 1.19 bits per heavy atom. The fraction of sp³-hybridized carbons (Fsp3) is 0. The Morgan fingerprint density at radius 3 is 2.62 bits per heavy atom. The highest BCUT2D eigenvalue weighted by Gasteiger charge is 2.04. The van der Waals surface area contributed by atoms with Crippen molar-refractivity contribution in [2.24, 2.45) is 0 Å². The largest absolute Gasteiger partial charge is 0.319 e. The van der Waals surface area contributed by atoms with Gasteiger partial charge < -0.3 is 4.98 Å². The van der Waals surface area contributed by atoms with Gasteiger partial charge in [0.15, 0.2) is 6.29 Å². The number of aldehydes is 1. The number of H-pyrrole nitrogens is 1. The van der Waals surface area contributed by atoms with Crippen LogP contribution in [0.25, 0.3) is 11.1 Å². The Morgan fingerprint density at radius 2 is 2.00 bits per heavy atom. The molecule has 1 heterocycles. The van der Waals surface area contributed by atoms with E-state index in [0.717, 1.165) is 0 Å². The molecule has 80 valence electrons. The van der Waals surface area contributed by atoms with Gasteiger partial charge in [-0.25, -0.2) is 4.39 Å². The van der Waals surface area contributed by atoms with Gasteiger partial charge in [0.05, 0.1) is 5.69 Å². The van der Waals surface area contributed by atoms with E-state index in [2.05, 4.69) is 4.98 Å². The summed E-state index contributed by atoms with van der Waals surface area (Å²) in [7, 11) is 0. The van der Waals surface area contributed by atoms with Crippen LogP contribution in [-0.4, -0.2) is 11.3 Å². The van der Waals surface area contributed by atoms with Crippen LogP contribution < -0.4 is 5.56 Å². The zero-order valence-electron chi connectivity index (χ0n) is 8.24. The number of hydrogen-bond acceptors (Lipinski definition) is 2. The van der Waals surface area contributed by atoms with Crippen LogP contribution in [0.4, 0.5) is 4.39 Å². The summed E-state index contributed by atoms with van der Waals surface area (Å²) in [6.45, 7) is 0. The Hall–Kier alpha value is -2.23. The Kier molecular flexibility index (Phi) is 2.64. The lowest BCUT2D eigenvalue weighted by Gasteiger charge is -2.00. The maximum absolute atomic E-state index is 13.0. The third-order valence-electron chi connectivity index (χ3n) is 2.19. The number of aromatic amines is 1. The maximum atomic E-state index is 13.0. The fourth-order valence-corrected chi connectivity index (χ4v) is 1.44. The first kappa shape index (κ1) is 10.3. The summed E-state index contributed by atoms with van der Waals surface area (Å²) in [6.07, 6.45) is 0.552. The van der Waals surface area contributed by atoms with Crippen LogP contribution >= 0.6 is 0 Å². The lowest BCUT2D eigenvalue weighted by molar-refractivity contribution is 0.111. The normalized spacial score (nSPS) is 10.1. The molecule has 16 heavy (non-hydrogen) atoms. The third kappa shape index (κ3) is 1.91. The third-order valence-corrected chi connectivity index (χ3v) is 2.19. The van der Waals surface area contributed by atoms with Crippen molar-refractivity contribution in [2.45, 2.75) is 0 Å². The Bertz CT molecular complexity index is 590. The highest BCUT2D eigenvalue weighted by molar-refractivity contribution is 5.73. The summed E-state index contributed by atoms with van der Waals surface area (Å²) in [5.74, 6) is -0.406. The molecular weight excluding hydrogens is 209 g/mol. The van der Waals surface area contributed by atoms with Gasteiger partial charge in [0, 0.05) is 5.56 Å².